The summed E-state index contributed by atoms with van der Waals surface area (Å²) in [6, 6.07) is 18.8. The molecule has 1 N–H and O–H groups in total. The average molecular weight is 379 g/mol. The van der Waals surface area contributed by atoms with Crippen molar-refractivity contribution in [2.24, 2.45) is 5.10 Å². The van der Waals surface area contributed by atoms with E-state index in [9.17, 15) is 4.79 Å². The van der Waals surface area contributed by atoms with Gasteiger partial charge in [-0.05, 0) is 22.6 Å². The predicted octanol–water partition coefficient (Wildman–Crippen LogP) is 3.08. The number of piperazine rings is 1. The molecule has 1 amide bonds. The Kier molecular flexibility index (Phi) is 7.34. The first-order valence-corrected chi connectivity index (χ1v) is 10.0. The topological polar surface area (TPSA) is 47.9 Å². The van der Waals surface area contributed by atoms with Crippen LogP contribution in [0.3, 0.4) is 0 Å². The number of rotatable bonds is 7. The van der Waals surface area contributed by atoms with E-state index in [1.807, 2.05) is 18.2 Å². The van der Waals surface area contributed by atoms with Gasteiger partial charge in [0.2, 0.25) is 0 Å². The summed E-state index contributed by atoms with van der Waals surface area (Å²) in [7, 11) is 0. The number of carbonyl (C=O) groups excluding carboxylic acids is 1. The van der Waals surface area contributed by atoms with Gasteiger partial charge in [0, 0.05) is 32.7 Å². The molecule has 0 aliphatic carbocycles. The number of benzene rings is 2. The summed E-state index contributed by atoms with van der Waals surface area (Å²) < 4.78 is 0. The molecule has 1 fully saturated rings. The van der Waals surface area contributed by atoms with Gasteiger partial charge in [0.15, 0.2) is 0 Å². The van der Waals surface area contributed by atoms with Gasteiger partial charge in [-0.2, -0.15) is 5.10 Å². The molecule has 2 aromatic rings. The average Bonchev–Trinajstić information content (AvgIpc) is 2.71. The van der Waals surface area contributed by atoms with Crippen molar-refractivity contribution in [3.8, 4) is 0 Å². The summed E-state index contributed by atoms with van der Waals surface area (Å²) in [5.41, 5.74) is 6.26. The molecule has 1 heterocycles. The van der Waals surface area contributed by atoms with Crippen molar-refractivity contribution < 1.29 is 4.79 Å². The van der Waals surface area contributed by atoms with Crippen LogP contribution in [0.15, 0.2) is 59.7 Å². The number of hydrogen-bond donors (Lipinski definition) is 1. The van der Waals surface area contributed by atoms with Crippen molar-refractivity contribution in [3.63, 3.8) is 0 Å². The molecule has 0 unspecified atom stereocenters. The van der Waals surface area contributed by atoms with E-state index in [1.54, 1.807) is 6.21 Å². The van der Waals surface area contributed by atoms with Crippen LogP contribution in [-0.4, -0.2) is 54.6 Å². The number of nitrogens with one attached hydrogen (secondary N) is 1. The summed E-state index contributed by atoms with van der Waals surface area (Å²) in [6.45, 7) is 9.47. The third-order valence-corrected chi connectivity index (χ3v) is 5.09. The molecule has 0 saturated carbocycles. The molecule has 5 heteroatoms. The minimum atomic E-state index is -0.0634. The molecule has 1 aliphatic rings. The van der Waals surface area contributed by atoms with E-state index in [4.69, 9.17) is 0 Å². The van der Waals surface area contributed by atoms with E-state index < -0.39 is 0 Å². The van der Waals surface area contributed by atoms with Crippen LogP contribution < -0.4 is 5.43 Å². The molecular formula is C23H30N4O. The van der Waals surface area contributed by atoms with Gasteiger partial charge in [0.25, 0.3) is 5.91 Å². The first-order chi connectivity index (χ1) is 13.6. The molecule has 0 spiro atoms. The summed E-state index contributed by atoms with van der Waals surface area (Å²) in [4.78, 5) is 16.8. The Morgan fingerprint density at radius 3 is 2.29 bits per heavy atom. The standard InChI is InChI=1S/C23H30N4O/c1-19(2)22-10-8-20(9-11-22)16-24-25-23(28)18-27-14-12-26(13-15-27)17-21-6-4-3-5-7-21/h3-11,16,19H,12-15,17-18H2,1-2H3,(H,25,28)/b24-16-. The number of carbonyl (C=O) groups is 1. The van der Waals surface area contributed by atoms with E-state index in [0.29, 0.717) is 12.5 Å². The fraction of sp³-hybridized carbons (Fsp3) is 0.391. The molecule has 0 aromatic heterocycles. The van der Waals surface area contributed by atoms with Gasteiger partial charge in [-0.1, -0.05) is 68.4 Å². The zero-order valence-electron chi connectivity index (χ0n) is 16.8. The minimum Gasteiger partial charge on any atom is -0.297 e. The van der Waals surface area contributed by atoms with Crippen LogP contribution in [0.25, 0.3) is 0 Å². The van der Waals surface area contributed by atoms with Crippen LogP contribution in [0.5, 0.6) is 0 Å². The maximum Gasteiger partial charge on any atom is 0.254 e. The lowest BCUT2D eigenvalue weighted by Crippen LogP contribution is -2.48. The van der Waals surface area contributed by atoms with E-state index in [1.165, 1.54) is 11.1 Å². The smallest absolute Gasteiger partial charge is 0.254 e. The lowest BCUT2D eigenvalue weighted by molar-refractivity contribution is -0.122. The Morgan fingerprint density at radius 1 is 1.00 bits per heavy atom. The Morgan fingerprint density at radius 2 is 1.64 bits per heavy atom. The predicted molar refractivity (Wildman–Crippen MR) is 114 cm³/mol. The first-order valence-electron chi connectivity index (χ1n) is 10.0. The van der Waals surface area contributed by atoms with Gasteiger partial charge < -0.3 is 0 Å². The number of hydrazone groups is 1. The highest BCUT2D eigenvalue weighted by atomic mass is 16.2. The molecule has 0 atom stereocenters. The van der Waals surface area contributed by atoms with Crippen LogP contribution in [0.1, 0.15) is 36.5 Å². The lowest BCUT2D eigenvalue weighted by Gasteiger charge is -2.34. The Bertz CT molecular complexity index is 763. The highest BCUT2D eigenvalue weighted by molar-refractivity contribution is 5.83. The summed E-state index contributed by atoms with van der Waals surface area (Å²) >= 11 is 0. The molecule has 0 radical (unpaired) electrons. The quantitative estimate of drug-likeness (QED) is 0.595. The molecule has 28 heavy (non-hydrogen) atoms. The van der Waals surface area contributed by atoms with Gasteiger partial charge in [0.1, 0.15) is 0 Å². The zero-order chi connectivity index (χ0) is 19.8. The van der Waals surface area contributed by atoms with Gasteiger partial charge in [-0.3, -0.25) is 14.6 Å². The summed E-state index contributed by atoms with van der Waals surface area (Å²) in [5.74, 6) is 0.449. The maximum absolute atomic E-state index is 12.1. The third kappa shape index (κ3) is 6.29. The highest BCUT2D eigenvalue weighted by Crippen LogP contribution is 2.13. The van der Waals surface area contributed by atoms with Crippen molar-refractivity contribution in [1.29, 1.82) is 0 Å². The molecule has 2 aromatic carbocycles. The van der Waals surface area contributed by atoms with Crippen LogP contribution in [0, 0.1) is 0 Å². The molecule has 148 valence electrons. The number of nitrogens with zero attached hydrogens (tertiary/aromatic N) is 3. The normalized spacial score (nSPS) is 16.0. The SMILES string of the molecule is CC(C)c1ccc(/C=N\NC(=O)CN2CCN(Cc3ccccc3)CC2)cc1. The van der Waals surface area contributed by atoms with Crippen molar-refractivity contribution in [1.82, 2.24) is 15.2 Å². The van der Waals surface area contributed by atoms with Crippen molar-refractivity contribution >= 4 is 12.1 Å². The fourth-order valence-electron chi connectivity index (χ4n) is 3.33. The lowest BCUT2D eigenvalue weighted by atomic mass is 10.0. The van der Waals surface area contributed by atoms with Crippen molar-refractivity contribution in [2.45, 2.75) is 26.3 Å². The monoisotopic (exact) mass is 378 g/mol. The van der Waals surface area contributed by atoms with Gasteiger partial charge >= 0.3 is 0 Å². The Labute approximate surface area is 168 Å². The van der Waals surface area contributed by atoms with Crippen LogP contribution in [-0.2, 0) is 11.3 Å². The molecular weight excluding hydrogens is 348 g/mol. The maximum atomic E-state index is 12.1. The second-order valence-corrected chi connectivity index (χ2v) is 7.65. The van der Waals surface area contributed by atoms with E-state index in [0.717, 1.165) is 38.3 Å². The van der Waals surface area contributed by atoms with E-state index in [2.05, 4.69) is 70.6 Å². The second-order valence-electron chi connectivity index (χ2n) is 7.65. The fourth-order valence-corrected chi connectivity index (χ4v) is 3.33. The van der Waals surface area contributed by atoms with E-state index >= 15 is 0 Å². The summed E-state index contributed by atoms with van der Waals surface area (Å²) in [5, 5.41) is 4.09. The molecule has 1 aliphatic heterocycles. The van der Waals surface area contributed by atoms with Crippen molar-refractivity contribution in [3.05, 3.63) is 71.3 Å². The van der Waals surface area contributed by atoms with Gasteiger partial charge in [-0.25, -0.2) is 5.43 Å². The van der Waals surface area contributed by atoms with E-state index in [-0.39, 0.29) is 5.91 Å². The second kappa shape index (κ2) is 10.2. The van der Waals surface area contributed by atoms with Crippen LogP contribution in [0.2, 0.25) is 0 Å². The molecule has 1 saturated heterocycles. The van der Waals surface area contributed by atoms with Crippen LogP contribution >= 0.6 is 0 Å². The zero-order valence-corrected chi connectivity index (χ0v) is 16.8. The molecule has 5 nitrogen and oxygen atoms in total. The molecule has 0 bridgehead atoms. The first kappa shape index (κ1) is 20.2. The van der Waals surface area contributed by atoms with Crippen LogP contribution in [0.4, 0.5) is 0 Å². The number of hydrogen-bond acceptors (Lipinski definition) is 4. The Hall–Kier alpha value is -2.50. The van der Waals surface area contributed by atoms with Crippen molar-refractivity contribution in [2.75, 3.05) is 32.7 Å². The summed E-state index contributed by atoms with van der Waals surface area (Å²) in [6.07, 6.45) is 1.69. The minimum absolute atomic E-state index is 0.0634. The largest absolute Gasteiger partial charge is 0.297 e. The molecule has 3 rings (SSSR count). The van der Waals surface area contributed by atoms with Gasteiger partial charge in [0.05, 0.1) is 12.8 Å². The van der Waals surface area contributed by atoms with Gasteiger partial charge in [-0.15, -0.1) is 0 Å². The highest BCUT2D eigenvalue weighted by Gasteiger charge is 2.18. The number of amides is 1. The third-order valence-electron chi connectivity index (χ3n) is 5.09. The Balaban J connectivity index is 1.37.